The van der Waals surface area contributed by atoms with E-state index in [2.05, 4.69) is 27.5 Å². The van der Waals surface area contributed by atoms with Crippen LogP contribution in [0.5, 0.6) is 0 Å². The van der Waals surface area contributed by atoms with Gasteiger partial charge in [0.15, 0.2) is 0 Å². The highest BCUT2D eigenvalue weighted by Gasteiger charge is 2.13. The summed E-state index contributed by atoms with van der Waals surface area (Å²) in [5.74, 6) is 0.277. The molecule has 0 heterocycles. The number of hydrogen-bond donors (Lipinski definition) is 1. The molecule has 4 nitrogen and oxygen atoms in total. The van der Waals surface area contributed by atoms with E-state index in [1.54, 1.807) is 24.3 Å². The zero-order valence-corrected chi connectivity index (χ0v) is 12.1. The zero-order chi connectivity index (χ0) is 12.2. The second-order valence-electron chi connectivity index (χ2n) is 3.75. The van der Waals surface area contributed by atoms with Crippen molar-refractivity contribution in [3.05, 3.63) is 27.8 Å². The van der Waals surface area contributed by atoms with Crippen LogP contribution in [0.2, 0.25) is 0 Å². The maximum atomic E-state index is 11.7. The van der Waals surface area contributed by atoms with Crippen molar-refractivity contribution in [2.75, 3.05) is 6.61 Å². The lowest BCUT2D eigenvalue weighted by atomic mass is 10.2. The molecule has 0 saturated carbocycles. The summed E-state index contributed by atoms with van der Waals surface area (Å²) < 4.78 is 24.4. The molecule has 0 unspecified atom stereocenters. The summed E-state index contributed by atoms with van der Waals surface area (Å²) >= 11 is 2.12. The SMILES string of the molecule is CC(C)CONS(=O)(=O)c1ccc(I)cc1. The number of benzene rings is 1. The average molecular weight is 355 g/mol. The highest BCUT2D eigenvalue weighted by atomic mass is 127. The monoisotopic (exact) mass is 355 g/mol. The molecule has 0 aromatic heterocycles. The number of halogens is 1. The minimum Gasteiger partial charge on any atom is -0.287 e. The van der Waals surface area contributed by atoms with Gasteiger partial charge < -0.3 is 0 Å². The van der Waals surface area contributed by atoms with Gasteiger partial charge in [0.1, 0.15) is 0 Å². The molecule has 0 bridgehead atoms. The first-order valence-electron chi connectivity index (χ1n) is 4.81. The summed E-state index contributed by atoms with van der Waals surface area (Å²) in [6.07, 6.45) is 0. The minimum absolute atomic E-state index is 0.205. The molecule has 6 heteroatoms. The number of sulfonamides is 1. The highest BCUT2D eigenvalue weighted by molar-refractivity contribution is 14.1. The topological polar surface area (TPSA) is 55.4 Å². The molecule has 0 atom stereocenters. The first kappa shape index (κ1) is 13.9. The van der Waals surface area contributed by atoms with Gasteiger partial charge >= 0.3 is 0 Å². The van der Waals surface area contributed by atoms with Gasteiger partial charge in [-0.1, -0.05) is 18.7 Å². The molecule has 0 spiro atoms. The van der Waals surface area contributed by atoms with Crippen LogP contribution in [0.1, 0.15) is 13.8 Å². The van der Waals surface area contributed by atoms with Crippen molar-refractivity contribution in [3.63, 3.8) is 0 Å². The number of hydrogen-bond acceptors (Lipinski definition) is 3. The Bertz CT molecular complexity index is 428. The van der Waals surface area contributed by atoms with Crippen LogP contribution in [0.4, 0.5) is 0 Å². The van der Waals surface area contributed by atoms with Gasteiger partial charge in [0.05, 0.1) is 11.5 Å². The van der Waals surface area contributed by atoms with Gasteiger partial charge in [-0.2, -0.15) is 0 Å². The standard InChI is InChI=1S/C10H14INO3S/c1-8(2)7-15-12-16(13,14)10-5-3-9(11)4-6-10/h3-6,8,12H,7H2,1-2H3. The molecule has 0 saturated heterocycles. The van der Waals surface area contributed by atoms with E-state index in [1.807, 2.05) is 13.8 Å². The molecule has 0 amide bonds. The van der Waals surface area contributed by atoms with Crippen LogP contribution in [0.15, 0.2) is 29.2 Å². The third-order valence-corrected chi connectivity index (χ3v) is 3.66. The third-order valence-electron chi connectivity index (χ3n) is 1.71. The first-order valence-corrected chi connectivity index (χ1v) is 7.37. The maximum absolute atomic E-state index is 11.7. The fraction of sp³-hybridized carbons (Fsp3) is 0.400. The van der Waals surface area contributed by atoms with Crippen molar-refractivity contribution in [2.45, 2.75) is 18.7 Å². The van der Waals surface area contributed by atoms with Crippen LogP contribution < -0.4 is 4.89 Å². The Balaban J connectivity index is 2.67. The Hall–Kier alpha value is -0.180. The summed E-state index contributed by atoms with van der Waals surface area (Å²) in [6, 6.07) is 6.56. The predicted octanol–water partition coefficient (Wildman–Crippen LogP) is 2.16. The van der Waals surface area contributed by atoms with Gasteiger partial charge in [0.2, 0.25) is 0 Å². The quantitative estimate of drug-likeness (QED) is 0.651. The lowest BCUT2D eigenvalue weighted by molar-refractivity contribution is 0.0719. The van der Waals surface area contributed by atoms with Crippen LogP contribution in [-0.2, 0) is 14.9 Å². The molecular weight excluding hydrogens is 341 g/mol. The Morgan fingerprint density at radius 3 is 2.38 bits per heavy atom. The van der Waals surface area contributed by atoms with E-state index in [9.17, 15) is 8.42 Å². The Kier molecular flexibility index (Phi) is 5.16. The van der Waals surface area contributed by atoms with Crippen LogP contribution >= 0.6 is 22.6 Å². The molecule has 0 fully saturated rings. The van der Waals surface area contributed by atoms with E-state index in [0.717, 1.165) is 3.57 Å². The van der Waals surface area contributed by atoms with Crippen molar-refractivity contribution in [1.29, 1.82) is 0 Å². The van der Waals surface area contributed by atoms with Crippen LogP contribution in [0, 0.1) is 9.49 Å². The molecule has 0 radical (unpaired) electrons. The molecule has 90 valence electrons. The van der Waals surface area contributed by atoms with Gasteiger partial charge in [0.25, 0.3) is 10.0 Å². The van der Waals surface area contributed by atoms with Gasteiger partial charge in [-0.25, -0.2) is 8.42 Å². The van der Waals surface area contributed by atoms with Gasteiger partial charge in [-0.15, -0.1) is 0 Å². The average Bonchev–Trinajstić information content (AvgIpc) is 2.17. The van der Waals surface area contributed by atoms with E-state index >= 15 is 0 Å². The van der Waals surface area contributed by atoms with E-state index in [1.165, 1.54) is 0 Å². The van der Waals surface area contributed by atoms with Gasteiger partial charge in [-0.05, 0) is 52.8 Å². The van der Waals surface area contributed by atoms with Crippen LogP contribution in [0.3, 0.4) is 0 Å². The molecule has 16 heavy (non-hydrogen) atoms. The molecule has 1 rings (SSSR count). The van der Waals surface area contributed by atoms with E-state index in [0.29, 0.717) is 6.61 Å². The van der Waals surface area contributed by atoms with E-state index in [-0.39, 0.29) is 10.8 Å². The minimum atomic E-state index is -3.55. The fourth-order valence-electron chi connectivity index (χ4n) is 0.940. The van der Waals surface area contributed by atoms with Crippen molar-refractivity contribution in [1.82, 2.24) is 4.89 Å². The maximum Gasteiger partial charge on any atom is 0.262 e. The summed E-state index contributed by atoms with van der Waals surface area (Å²) in [4.78, 5) is 7.21. The van der Waals surface area contributed by atoms with Crippen molar-refractivity contribution < 1.29 is 13.3 Å². The molecule has 0 aliphatic heterocycles. The molecule has 0 aliphatic rings. The van der Waals surface area contributed by atoms with Crippen molar-refractivity contribution >= 4 is 32.6 Å². The summed E-state index contributed by atoms with van der Waals surface area (Å²) in [7, 11) is -3.55. The lowest BCUT2D eigenvalue weighted by Gasteiger charge is -2.08. The van der Waals surface area contributed by atoms with E-state index < -0.39 is 10.0 Å². The fourth-order valence-corrected chi connectivity index (χ4v) is 2.11. The zero-order valence-electron chi connectivity index (χ0n) is 9.10. The van der Waals surface area contributed by atoms with Crippen molar-refractivity contribution in [3.8, 4) is 0 Å². The lowest BCUT2D eigenvalue weighted by Crippen LogP contribution is -2.25. The summed E-state index contributed by atoms with van der Waals surface area (Å²) in [5.41, 5.74) is 0. The second-order valence-corrected chi connectivity index (χ2v) is 6.64. The Labute approximate surface area is 110 Å². The first-order chi connectivity index (χ1) is 7.42. The number of nitrogens with one attached hydrogen (secondary N) is 1. The molecular formula is C10H14INO3S. The van der Waals surface area contributed by atoms with Crippen LogP contribution in [0.25, 0.3) is 0 Å². The predicted molar refractivity (Wildman–Crippen MR) is 70.3 cm³/mol. The number of rotatable bonds is 5. The smallest absolute Gasteiger partial charge is 0.262 e. The largest absolute Gasteiger partial charge is 0.287 e. The normalized spacial score (nSPS) is 12.0. The Morgan fingerprint density at radius 1 is 1.31 bits per heavy atom. The summed E-state index contributed by atoms with van der Waals surface area (Å²) in [6.45, 7) is 4.24. The van der Waals surface area contributed by atoms with Crippen molar-refractivity contribution in [2.24, 2.45) is 5.92 Å². The third kappa shape index (κ3) is 4.36. The second kappa shape index (κ2) is 5.95. The summed E-state index contributed by atoms with van der Waals surface area (Å²) in [5, 5.41) is 0. The van der Waals surface area contributed by atoms with E-state index in [4.69, 9.17) is 4.84 Å². The highest BCUT2D eigenvalue weighted by Crippen LogP contribution is 2.11. The molecule has 1 N–H and O–H groups in total. The van der Waals surface area contributed by atoms with Gasteiger partial charge in [0, 0.05) is 3.57 Å². The Morgan fingerprint density at radius 2 is 1.88 bits per heavy atom. The molecule has 1 aromatic rings. The van der Waals surface area contributed by atoms with Gasteiger partial charge in [-0.3, -0.25) is 4.84 Å². The molecule has 1 aromatic carbocycles. The van der Waals surface area contributed by atoms with Crippen LogP contribution in [-0.4, -0.2) is 15.0 Å². The molecule has 0 aliphatic carbocycles.